The number of rotatable bonds is 4. The molecule has 0 aliphatic carbocycles. The molecule has 0 unspecified atom stereocenters. The Bertz CT molecular complexity index is 785. The molecule has 1 aliphatic heterocycles. The second kappa shape index (κ2) is 7.58. The average Bonchev–Trinajstić information content (AvgIpc) is 3.05. The topological polar surface area (TPSA) is 49.4 Å². The Labute approximate surface area is 156 Å². The molecule has 25 heavy (non-hydrogen) atoms. The summed E-state index contributed by atoms with van der Waals surface area (Å²) in [4.78, 5) is 28.7. The van der Waals surface area contributed by atoms with Crippen LogP contribution in [-0.4, -0.2) is 29.3 Å². The van der Waals surface area contributed by atoms with Gasteiger partial charge < -0.3 is 10.2 Å². The van der Waals surface area contributed by atoms with E-state index in [1.54, 1.807) is 24.3 Å². The highest BCUT2D eigenvalue weighted by Gasteiger charge is 2.25. The molecular formula is C19H21ClN2O2S. The maximum Gasteiger partial charge on any atom is 0.261 e. The number of nitrogens with one attached hydrogen (secondary N) is 1. The van der Waals surface area contributed by atoms with Crippen molar-refractivity contribution in [3.63, 3.8) is 0 Å². The molecule has 1 aromatic carbocycles. The van der Waals surface area contributed by atoms with Crippen LogP contribution < -0.4 is 5.32 Å². The van der Waals surface area contributed by atoms with Gasteiger partial charge in [0.25, 0.3) is 11.8 Å². The van der Waals surface area contributed by atoms with Crippen molar-refractivity contribution in [2.24, 2.45) is 0 Å². The van der Waals surface area contributed by atoms with E-state index in [2.05, 4.69) is 5.32 Å². The van der Waals surface area contributed by atoms with Gasteiger partial charge in [-0.05, 0) is 55.7 Å². The fraction of sp³-hybridized carbons (Fsp3) is 0.368. The zero-order valence-electron chi connectivity index (χ0n) is 14.3. The smallest absolute Gasteiger partial charge is 0.261 e. The third-order valence-corrected chi connectivity index (χ3v) is 5.95. The molecule has 1 aromatic heterocycles. The summed E-state index contributed by atoms with van der Waals surface area (Å²) in [5.74, 6) is -0.0246. The number of benzene rings is 1. The summed E-state index contributed by atoms with van der Waals surface area (Å²) in [5, 5.41) is 3.62. The van der Waals surface area contributed by atoms with Crippen LogP contribution in [-0.2, 0) is 13.0 Å². The number of carbonyl (C=O) groups excluding carboxylic acids is 2. The molecule has 0 radical (unpaired) electrons. The molecule has 1 atom stereocenters. The number of nitrogens with zero attached hydrogens (tertiary/aromatic N) is 1. The molecule has 0 spiro atoms. The molecule has 2 aromatic rings. The van der Waals surface area contributed by atoms with Gasteiger partial charge in [-0.25, -0.2) is 0 Å². The summed E-state index contributed by atoms with van der Waals surface area (Å²) in [5.41, 5.74) is 1.71. The van der Waals surface area contributed by atoms with Crippen molar-refractivity contribution >= 4 is 34.8 Å². The Morgan fingerprint density at radius 3 is 2.72 bits per heavy atom. The van der Waals surface area contributed by atoms with Crippen LogP contribution in [0.2, 0.25) is 5.02 Å². The van der Waals surface area contributed by atoms with Crippen LogP contribution in [0.15, 0.2) is 30.3 Å². The standard InChI is InChI=1S/C19H21ClN2O2S/c1-3-12(2)21-18(23)17-10-14-11-22(9-8-16(14)25-17)19(24)13-4-6-15(20)7-5-13/h4-7,10,12H,3,8-9,11H2,1-2H3,(H,21,23)/t12-/m0/s1. The summed E-state index contributed by atoms with van der Waals surface area (Å²) in [7, 11) is 0. The van der Waals surface area contributed by atoms with Gasteiger partial charge in [-0.1, -0.05) is 18.5 Å². The number of hydrogen-bond acceptors (Lipinski definition) is 3. The van der Waals surface area contributed by atoms with Gasteiger partial charge in [0.05, 0.1) is 4.88 Å². The first-order chi connectivity index (χ1) is 12.0. The maximum atomic E-state index is 12.7. The number of carbonyl (C=O) groups is 2. The van der Waals surface area contributed by atoms with E-state index in [9.17, 15) is 9.59 Å². The van der Waals surface area contributed by atoms with E-state index >= 15 is 0 Å². The molecular weight excluding hydrogens is 356 g/mol. The molecule has 132 valence electrons. The Morgan fingerprint density at radius 2 is 2.04 bits per heavy atom. The van der Waals surface area contributed by atoms with Gasteiger partial charge in [0, 0.05) is 34.6 Å². The molecule has 2 amide bonds. The second-order valence-corrected chi connectivity index (χ2v) is 7.90. The third kappa shape index (κ3) is 4.05. The van der Waals surface area contributed by atoms with Crippen molar-refractivity contribution in [2.45, 2.75) is 39.3 Å². The number of fused-ring (bicyclic) bond motifs is 1. The number of halogens is 1. The van der Waals surface area contributed by atoms with Crippen molar-refractivity contribution in [1.82, 2.24) is 10.2 Å². The highest BCUT2D eigenvalue weighted by molar-refractivity contribution is 7.14. The molecule has 0 saturated heterocycles. The fourth-order valence-electron chi connectivity index (χ4n) is 2.79. The van der Waals surface area contributed by atoms with E-state index in [0.717, 1.165) is 23.3 Å². The van der Waals surface area contributed by atoms with Crippen molar-refractivity contribution in [3.05, 3.63) is 56.2 Å². The lowest BCUT2D eigenvalue weighted by molar-refractivity contribution is 0.0736. The third-order valence-electron chi connectivity index (χ3n) is 4.46. The van der Waals surface area contributed by atoms with Gasteiger partial charge in [0.1, 0.15) is 0 Å². The quantitative estimate of drug-likeness (QED) is 0.872. The molecule has 1 N–H and O–H groups in total. The highest BCUT2D eigenvalue weighted by atomic mass is 35.5. The normalized spacial score (nSPS) is 14.8. The largest absolute Gasteiger partial charge is 0.349 e. The van der Waals surface area contributed by atoms with Gasteiger partial charge in [0.15, 0.2) is 0 Å². The Kier molecular flexibility index (Phi) is 5.45. The van der Waals surface area contributed by atoms with Gasteiger partial charge >= 0.3 is 0 Å². The van der Waals surface area contributed by atoms with Crippen LogP contribution in [0.3, 0.4) is 0 Å². The molecule has 1 aliphatic rings. The lowest BCUT2D eigenvalue weighted by atomic mass is 10.1. The van der Waals surface area contributed by atoms with Crippen LogP contribution in [0.5, 0.6) is 0 Å². The summed E-state index contributed by atoms with van der Waals surface area (Å²) in [6.07, 6.45) is 1.69. The van der Waals surface area contributed by atoms with E-state index in [1.807, 2.05) is 24.8 Å². The summed E-state index contributed by atoms with van der Waals surface area (Å²) in [6.45, 7) is 5.26. The van der Waals surface area contributed by atoms with E-state index in [1.165, 1.54) is 16.2 Å². The van der Waals surface area contributed by atoms with E-state index in [-0.39, 0.29) is 17.9 Å². The van der Waals surface area contributed by atoms with Crippen molar-refractivity contribution in [2.75, 3.05) is 6.54 Å². The first-order valence-corrected chi connectivity index (χ1v) is 9.64. The molecule has 6 heteroatoms. The highest BCUT2D eigenvalue weighted by Crippen LogP contribution is 2.29. The predicted octanol–water partition coefficient (Wildman–Crippen LogP) is 4.13. The van der Waals surface area contributed by atoms with Gasteiger partial charge in [-0.15, -0.1) is 11.3 Å². The predicted molar refractivity (Wildman–Crippen MR) is 101 cm³/mol. The monoisotopic (exact) mass is 376 g/mol. The molecule has 3 rings (SSSR count). The maximum absolute atomic E-state index is 12.7. The van der Waals surface area contributed by atoms with E-state index < -0.39 is 0 Å². The zero-order valence-corrected chi connectivity index (χ0v) is 15.9. The van der Waals surface area contributed by atoms with Crippen LogP contribution in [0.1, 0.15) is 50.7 Å². The summed E-state index contributed by atoms with van der Waals surface area (Å²) in [6, 6.07) is 9.05. The molecule has 0 saturated carbocycles. The fourth-order valence-corrected chi connectivity index (χ4v) is 3.98. The van der Waals surface area contributed by atoms with E-state index in [4.69, 9.17) is 11.6 Å². The summed E-state index contributed by atoms with van der Waals surface area (Å²) >= 11 is 7.43. The zero-order chi connectivity index (χ0) is 18.0. The first-order valence-electron chi connectivity index (χ1n) is 8.45. The Morgan fingerprint density at radius 1 is 1.32 bits per heavy atom. The SMILES string of the molecule is CC[C@H](C)NC(=O)c1cc2c(s1)CCN(C(=O)c1ccc(Cl)cc1)C2. The lowest BCUT2D eigenvalue weighted by Crippen LogP contribution is -2.35. The first kappa shape index (κ1) is 18.0. The Hall–Kier alpha value is -1.85. The number of thiophene rings is 1. The van der Waals surface area contributed by atoms with Crippen molar-refractivity contribution < 1.29 is 9.59 Å². The number of hydrogen-bond donors (Lipinski definition) is 1. The minimum atomic E-state index is -0.0238. The van der Waals surface area contributed by atoms with Gasteiger partial charge in [-0.2, -0.15) is 0 Å². The minimum Gasteiger partial charge on any atom is -0.349 e. The summed E-state index contributed by atoms with van der Waals surface area (Å²) < 4.78 is 0. The molecule has 0 bridgehead atoms. The molecule has 0 fully saturated rings. The molecule has 4 nitrogen and oxygen atoms in total. The van der Waals surface area contributed by atoms with Crippen LogP contribution in [0.4, 0.5) is 0 Å². The van der Waals surface area contributed by atoms with Gasteiger partial charge in [0.2, 0.25) is 0 Å². The number of amides is 2. The second-order valence-electron chi connectivity index (χ2n) is 6.33. The van der Waals surface area contributed by atoms with Crippen LogP contribution in [0.25, 0.3) is 0 Å². The van der Waals surface area contributed by atoms with Crippen LogP contribution in [0, 0.1) is 0 Å². The van der Waals surface area contributed by atoms with E-state index in [0.29, 0.717) is 23.7 Å². The lowest BCUT2D eigenvalue weighted by Gasteiger charge is -2.27. The van der Waals surface area contributed by atoms with Crippen molar-refractivity contribution in [1.29, 1.82) is 0 Å². The minimum absolute atomic E-state index is 0.000812. The average molecular weight is 377 g/mol. The molecule has 2 heterocycles. The van der Waals surface area contributed by atoms with Crippen molar-refractivity contribution in [3.8, 4) is 0 Å². The van der Waals surface area contributed by atoms with Crippen LogP contribution >= 0.6 is 22.9 Å². The Balaban J connectivity index is 1.72. The van der Waals surface area contributed by atoms with Gasteiger partial charge in [-0.3, -0.25) is 9.59 Å².